The van der Waals surface area contributed by atoms with Gasteiger partial charge in [0.2, 0.25) is 5.91 Å². The zero-order chi connectivity index (χ0) is 22.6. The number of anilines is 2. The third kappa shape index (κ3) is 5.01. The number of hydrogen-bond donors (Lipinski definition) is 2. The first-order valence-electron chi connectivity index (χ1n) is 11.5. The predicted molar refractivity (Wildman–Crippen MR) is 125 cm³/mol. The Hall–Kier alpha value is -3.39. The molecule has 2 saturated heterocycles. The average molecular weight is 447 g/mol. The number of aromatic nitrogens is 3. The van der Waals surface area contributed by atoms with Crippen molar-refractivity contribution in [2.75, 3.05) is 25.0 Å². The van der Waals surface area contributed by atoms with Gasteiger partial charge in [-0.1, -0.05) is 6.07 Å². The van der Waals surface area contributed by atoms with E-state index in [2.05, 4.69) is 20.6 Å². The highest BCUT2D eigenvalue weighted by Gasteiger charge is 2.31. The standard InChI is InChI=1S/C25H27FN6O/c26-19-7-1-8-20(13-19)29-23-14-22(30-24(31-23)17-5-2-10-27-15-17)18-6-4-12-32(16-18)25(33)21-9-3-11-28-21/h1-2,5,7-8,10,13-15,18,21,28H,3-4,6,9,11-12,16H2,(H,29,30,31)/t18-,21+/m0/s1. The quantitative estimate of drug-likeness (QED) is 0.619. The van der Waals surface area contributed by atoms with Crippen molar-refractivity contribution < 1.29 is 9.18 Å². The summed E-state index contributed by atoms with van der Waals surface area (Å²) in [5, 5.41) is 6.53. The topological polar surface area (TPSA) is 83.0 Å². The van der Waals surface area contributed by atoms with Gasteiger partial charge in [-0.05, 0) is 62.6 Å². The summed E-state index contributed by atoms with van der Waals surface area (Å²) in [7, 11) is 0. The Morgan fingerprint density at radius 3 is 2.85 bits per heavy atom. The molecule has 2 aliphatic heterocycles. The first-order chi connectivity index (χ1) is 16.2. The molecule has 0 radical (unpaired) electrons. The number of rotatable bonds is 5. The molecule has 8 heteroatoms. The van der Waals surface area contributed by atoms with Gasteiger partial charge in [0.1, 0.15) is 11.6 Å². The first kappa shape index (κ1) is 21.5. The van der Waals surface area contributed by atoms with Gasteiger partial charge in [-0.15, -0.1) is 0 Å². The number of nitrogens with zero attached hydrogens (tertiary/aromatic N) is 4. The second kappa shape index (κ2) is 9.62. The third-order valence-electron chi connectivity index (χ3n) is 6.27. The van der Waals surface area contributed by atoms with Gasteiger partial charge in [-0.3, -0.25) is 9.78 Å². The monoisotopic (exact) mass is 446 g/mol. The molecule has 2 aliphatic rings. The molecule has 170 valence electrons. The molecule has 2 fully saturated rings. The summed E-state index contributed by atoms with van der Waals surface area (Å²) in [6.45, 7) is 2.32. The number of carbonyl (C=O) groups is 1. The number of amides is 1. The Labute approximate surface area is 192 Å². The second-order valence-electron chi connectivity index (χ2n) is 8.65. The van der Waals surface area contributed by atoms with E-state index < -0.39 is 0 Å². The van der Waals surface area contributed by atoms with Crippen LogP contribution in [-0.4, -0.2) is 51.4 Å². The minimum atomic E-state index is -0.316. The summed E-state index contributed by atoms with van der Waals surface area (Å²) < 4.78 is 13.7. The Kier molecular flexibility index (Phi) is 6.26. The highest BCUT2D eigenvalue weighted by molar-refractivity contribution is 5.82. The zero-order valence-electron chi connectivity index (χ0n) is 18.4. The van der Waals surface area contributed by atoms with Crippen molar-refractivity contribution in [3.63, 3.8) is 0 Å². The number of pyridine rings is 1. The second-order valence-corrected chi connectivity index (χ2v) is 8.65. The Morgan fingerprint density at radius 1 is 1.12 bits per heavy atom. The van der Waals surface area contributed by atoms with Crippen LogP contribution in [0.1, 0.15) is 37.3 Å². The molecule has 0 bridgehead atoms. The van der Waals surface area contributed by atoms with E-state index in [4.69, 9.17) is 4.98 Å². The maximum atomic E-state index is 13.7. The molecular weight excluding hydrogens is 419 g/mol. The van der Waals surface area contributed by atoms with Crippen LogP contribution >= 0.6 is 0 Å². The van der Waals surface area contributed by atoms with Crippen molar-refractivity contribution >= 4 is 17.4 Å². The molecular formula is C25H27FN6O. The van der Waals surface area contributed by atoms with Crippen LogP contribution in [0.15, 0.2) is 54.9 Å². The van der Waals surface area contributed by atoms with E-state index in [0.29, 0.717) is 23.9 Å². The fourth-order valence-corrected chi connectivity index (χ4v) is 4.61. The molecule has 1 aromatic carbocycles. The molecule has 2 aromatic heterocycles. The van der Waals surface area contributed by atoms with E-state index in [1.54, 1.807) is 24.5 Å². The number of carbonyl (C=O) groups excluding carboxylic acids is 1. The number of piperidine rings is 1. The Bertz CT molecular complexity index is 1120. The molecule has 0 spiro atoms. The molecule has 2 N–H and O–H groups in total. The smallest absolute Gasteiger partial charge is 0.239 e. The van der Waals surface area contributed by atoms with E-state index in [9.17, 15) is 9.18 Å². The molecule has 7 nitrogen and oxygen atoms in total. The van der Waals surface area contributed by atoms with Gasteiger partial charge in [0.15, 0.2) is 5.82 Å². The maximum Gasteiger partial charge on any atom is 0.239 e. The summed E-state index contributed by atoms with van der Waals surface area (Å²) in [6.07, 6.45) is 7.27. The number of benzene rings is 1. The minimum Gasteiger partial charge on any atom is -0.341 e. The molecule has 0 unspecified atom stereocenters. The van der Waals surface area contributed by atoms with Crippen LogP contribution < -0.4 is 10.6 Å². The molecule has 5 rings (SSSR count). The lowest BCUT2D eigenvalue weighted by molar-refractivity contribution is -0.134. The SMILES string of the molecule is O=C([C@H]1CCCN1)N1CCC[C@H](c2cc(Nc3cccc(F)c3)nc(-c3cccnc3)n2)C1. The lowest BCUT2D eigenvalue weighted by Crippen LogP contribution is -2.47. The Morgan fingerprint density at radius 2 is 2.06 bits per heavy atom. The normalized spacial score (nSPS) is 20.6. The van der Waals surface area contributed by atoms with Gasteiger partial charge in [0, 0.05) is 48.7 Å². The Balaban J connectivity index is 1.44. The van der Waals surface area contributed by atoms with Crippen LogP contribution in [0.25, 0.3) is 11.4 Å². The molecule has 1 amide bonds. The summed E-state index contributed by atoms with van der Waals surface area (Å²) in [4.78, 5) is 28.7. The fourth-order valence-electron chi connectivity index (χ4n) is 4.61. The van der Waals surface area contributed by atoms with E-state index in [1.165, 1.54) is 12.1 Å². The van der Waals surface area contributed by atoms with Crippen LogP contribution in [0.5, 0.6) is 0 Å². The van der Waals surface area contributed by atoms with Gasteiger partial charge < -0.3 is 15.5 Å². The molecule has 33 heavy (non-hydrogen) atoms. The molecule has 0 aliphatic carbocycles. The van der Waals surface area contributed by atoms with E-state index in [-0.39, 0.29) is 23.7 Å². The summed E-state index contributed by atoms with van der Waals surface area (Å²) in [5.41, 5.74) is 2.30. The van der Waals surface area contributed by atoms with Crippen LogP contribution in [0.3, 0.4) is 0 Å². The van der Waals surface area contributed by atoms with Gasteiger partial charge in [-0.2, -0.15) is 0 Å². The predicted octanol–water partition coefficient (Wildman–Crippen LogP) is 3.88. The van der Waals surface area contributed by atoms with Gasteiger partial charge in [-0.25, -0.2) is 14.4 Å². The minimum absolute atomic E-state index is 0.0645. The summed E-state index contributed by atoms with van der Waals surface area (Å²) in [5.74, 6) is 1.13. The van der Waals surface area contributed by atoms with Crippen LogP contribution in [0.2, 0.25) is 0 Å². The van der Waals surface area contributed by atoms with Crippen molar-refractivity contribution in [2.45, 2.75) is 37.6 Å². The van der Waals surface area contributed by atoms with Gasteiger partial charge in [0.05, 0.1) is 11.7 Å². The summed E-state index contributed by atoms with van der Waals surface area (Å²) >= 11 is 0. The van der Waals surface area contributed by atoms with Crippen molar-refractivity contribution in [1.82, 2.24) is 25.2 Å². The lowest BCUT2D eigenvalue weighted by atomic mass is 9.93. The first-order valence-corrected chi connectivity index (χ1v) is 11.5. The van der Waals surface area contributed by atoms with Crippen LogP contribution in [-0.2, 0) is 4.79 Å². The van der Waals surface area contributed by atoms with Crippen molar-refractivity contribution in [1.29, 1.82) is 0 Å². The van der Waals surface area contributed by atoms with Gasteiger partial charge >= 0.3 is 0 Å². The van der Waals surface area contributed by atoms with E-state index in [0.717, 1.165) is 50.0 Å². The van der Waals surface area contributed by atoms with Crippen molar-refractivity contribution in [3.05, 3.63) is 66.4 Å². The van der Waals surface area contributed by atoms with E-state index in [1.807, 2.05) is 23.1 Å². The lowest BCUT2D eigenvalue weighted by Gasteiger charge is -2.34. The fraction of sp³-hybridized carbons (Fsp3) is 0.360. The third-order valence-corrected chi connectivity index (χ3v) is 6.27. The summed E-state index contributed by atoms with van der Waals surface area (Å²) in [6, 6.07) is 11.9. The van der Waals surface area contributed by atoms with Crippen LogP contribution in [0.4, 0.5) is 15.9 Å². The van der Waals surface area contributed by atoms with Crippen molar-refractivity contribution in [3.8, 4) is 11.4 Å². The molecule has 3 aromatic rings. The highest BCUT2D eigenvalue weighted by atomic mass is 19.1. The average Bonchev–Trinajstić information content (AvgIpc) is 3.39. The molecule has 4 heterocycles. The maximum absolute atomic E-state index is 13.7. The highest BCUT2D eigenvalue weighted by Crippen LogP contribution is 2.30. The van der Waals surface area contributed by atoms with Crippen molar-refractivity contribution in [2.24, 2.45) is 0 Å². The van der Waals surface area contributed by atoms with Crippen LogP contribution in [0, 0.1) is 5.82 Å². The number of halogens is 1. The number of likely N-dealkylation sites (tertiary alicyclic amines) is 1. The largest absolute Gasteiger partial charge is 0.341 e. The molecule has 2 atom stereocenters. The number of nitrogens with one attached hydrogen (secondary N) is 2. The van der Waals surface area contributed by atoms with E-state index >= 15 is 0 Å². The molecule has 0 saturated carbocycles. The van der Waals surface area contributed by atoms with Gasteiger partial charge in [0.25, 0.3) is 0 Å². The zero-order valence-corrected chi connectivity index (χ0v) is 18.4. The number of hydrogen-bond acceptors (Lipinski definition) is 6.